The second-order valence-electron chi connectivity index (χ2n) is 6.08. The zero-order valence-electron chi connectivity index (χ0n) is 14.6. The lowest BCUT2D eigenvalue weighted by Crippen LogP contribution is -2.25. The van der Waals surface area contributed by atoms with E-state index in [0.717, 1.165) is 33.7 Å². The molecule has 1 heterocycles. The fourth-order valence-corrected chi connectivity index (χ4v) is 4.70. The molecule has 23 heavy (non-hydrogen) atoms. The van der Waals surface area contributed by atoms with Crippen LogP contribution in [0.3, 0.4) is 0 Å². The zero-order valence-corrected chi connectivity index (χ0v) is 15.4. The first-order valence-electron chi connectivity index (χ1n) is 7.69. The van der Waals surface area contributed by atoms with Crippen LogP contribution in [-0.2, 0) is 17.2 Å². The fourth-order valence-electron chi connectivity index (χ4n) is 2.91. The number of aromatic amines is 1. The third-order valence-corrected chi connectivity index (χ3v) is 5.33. The average Bonchev–Trinajstić information content (AvgIpc) is 2.44. The molecule has 0 bridgehead atoms. The second kappa shape index (κ2) is 6.71. The lowest BCUT2D eigenvalue weighted by atomic mass is 10.1. The molecule has 0 aliphatic carbocycles. The van der Waals surface area contributed by atoms with Crippen molar-refractivity contribution in [3.63, 3.8) is 0 Å². The number of pyridine rings is 1. The van der Waals surface area contributed by atoms with Gasteiger partial charge in [-0.25, -0.2) is 4.21 Å². The number of hydrogen-bond acceptors (Lipinski definition) is 3. The molecule has 4 nitrogen and oxygen atoms in total. The lowest BCUT2D eigenvalue weighted by Gasteiger charge is -2.20. The lowest BCUT2D eigenvalue weighted by molar-refractivity contribution is 0.681. The summed E-state index contributed by atoms with van der Waals surface area (Å²) in [4.78, 5) is 18.4. The van der Waals surface area contributed by atoms with Gasteiger partial charge in [0.25, 0.3) is 5.56 Å². The summed E-state index contributed by atoms with van der Waals surface area (Å²) >= 11 is 0. The van der Waals surface area contributed by atoms with Gasteiger partial charge in [0.05, 0.1) is 15.7 Å². The molecule has 1 aromatic carbocycles. The van der Waals surface area contributed by atoms with Gasteiger partial charge in [0.1, 0.15) is 5.69 Å². The summed E-state index contributed by atoms with van der Waals surface area (Å²) in [5.74, 6) is 0. The Hall–Kier alpha value is -1.88. The predicted molar refractivity (Wildman–Crippen MR) is 96.1 cm³/mol. The van der Waals surface area contributed by atoms with Crippen LogP contribution in [0.4, 0.5) is 5.69 Å². The minimum absolute atomic E-state index is 0.197. The van der Waals surface area contributed by atoms with Crippen LogP contribution in [0.2, 0.25) is 0 Å². The summed E-state index contributed by atoms with van der Waals surface area (Å²) in [5, 5.41) is 0. The number of benzene rings is 1. The van der Waals surface area contributed by atoms with Crippen molar-refractivity contribution in [3.8, 4) is 0 Å². The highest BCUT2D eigenvalue weighted by Crippen LogP contribution is 2.29. The summed E-state index contributed by atoms with van der Waals surface area (Å²) in [6, 6.07) is 5.91. The first kappa shape index (κ1) is 17.5. The van der Waals surface area contributed by atoms with Gasteiger partial charge >= 0.3 is 0 Å². The smallest absolute Gasteiger partial charge is 0.272 e. The first-order valence-corrected chi connectivity index (χ1v) is 8.84. The van der Waals surface area contributed by atoms with Crippen LogP contribution in [0.15, 0.2) is 32.8 Å². The molecule has 1 aromatic heterocycles. The van der Waals surface area contributed by atoms with E-state index < -0.39 is 10.8 Å². The largest absolute Gasteiger partial charge is 0.372 e. The highest BCUT2D eigenvalue weighted by atomic mass is 32.2. The van der Waals surface area contributed by atoms with Gasteiger partial charge in [0.2, 0.25) is 0 Å². The monoisotopic (exact) mass is 332 g/mol. The maximum Gasteiger partial charge on any atom is 0.272 e. The number of hydrogen-bond donors (Lipinski definition) is 1. The van der Waals surface area contributed by atoms with Crippen molar-refractivity contribution >= 4 is 16.5 Å². The van der Waals surface area contributed by atoms with Crippen LogP contribution in [0.5, 0.6) is 0 Å². The zero-order chi connectivity index (χ0) is 17.3. The quantitative estimate of drug-likeness (QED) is 0.936. The molecule has 0 amide bonds. The van der Waals surface area contributed by atoms with E-state index in [0.29, 0.717) is 10.6 Å². The summed E-state index contributed by atoms with van der Waals surface area (Å²) in [6.07, 6.45) is 0.718. The van der Waals surface area contributed by atoms with E-state index in [1.165, 1.54) is 0 Å². The van der Waals surface area contributed by atoms with E-state index in [4.69, 9.17) is 0 Å². The van der Waals surface area contributed by atoms with Gasteiger partial charge in [-0.15, -0.1) is 0 Å². The molecule has 1 atom stereocenters. The van der Waals surface area contributed by atoms with Crippen molar-refractivity contribution in [1.29, 1.82) is 0 Å². The summed E-state index contributed by atoms with van der Waals surface area (Å²) in [5.41, 5.74) is 4.16. The van der Waals surface area contributed by atoms with Crippen LogP contribution in [0, 0.1) is 20.8 Å². The van der Waals surface area contributed by atoms with Gasteiger partial charge in [-0.1, -0.05) is 13.0 Å². The SMILES string of the molecule is CCc1c(C)[nH]c(=O)c(N(C)C)c1S(=O)c1cc(C)cc(C)c1. The number of nitrogens with one attached hydrogen (secondary N) is 1. The molecule has 0 saturated carbocycles. The minimum atomic E-state index is -1.39. The molecule has 5 heteroatoms. The standard InChI is InChI=1S/C18H24N2O2S/c1-7-15-13(4)19-18(21)16(20(5)6)17(15)23(22)14-9-11(2)8-12(3)10-14/h8-10H,7H2,1-6H3,(H,19,21). The van der Waals surface area contributed by atoms with Crippen LogP contribution in [0.1, 0.15) is 29.3 Å². The molecule has 124 valence electrons. The topological polar surface area (TPSA) is 53.2 Å². The molecular formula is C18H24N2O2S. The third-order valence-electron chi connectivity index (χ3n) is 3.85. The highest BCUT2D eigenvalue weighted by molar-refractivity contribution is 7.85. The number of rotatable bonds is 4. The molecule has 2 rings (SSSR count). The van der Waals surface area contributed by atoms with Crippen molar-refractivity contribution in [2.45, 2.75) is 43.9 Å². The van der Waals surface area contributed by atoms with Crippen molar-refractivity contribution < 1.29 is 4.21 Å². The Bertz CT molecular complexity index is 802. The van der Waals surface area contributed by atoms with Gasteiger partial charge in [0.15, 0.2) is 0 Å². The Labute approximate surface area is 140 Å². The van der Waals surface area contributed by atoms with E-state index in [-0.39, 0.29) is 5.56 Å². The molecule has 1 unspecified atom stereocenters. The molecule has 0 fully saturated rings. The number of nitrogens with zero attached hydrogens (tertiary/aromatic N) is 1. The van der Waals surface area contributed by atoms with E-state index in [1.54, 1.807) is 4.90 Å². The summed E-state index contributed by atoms with van der Waals surface area (Å²) in [7, 11) is 2.22. The van der Waals surface area contributed by atoms with Gasteiger partial charge < -0.3 is 9.88 Å². The highest BCUT2D eigenvalue weighted by Gasteiger charge is 2.22. The molecule has 0 aliphatic rings. The Morgan fingerprint density at radius 1 is 1.09 bits per heavy atom. The predicted octanol–water partition coefficient (Wildman–Crippen LogP) is 3.10. The Balaban J connectivity index is 2.79. The Morgan fingerprint density at radius 3 is 2.13 bits per heavy atom. The van der Waals surface area contributed by atoms with Gasteiger partial charge in [-0.2, -0.15) is 0 Å². The Morgan fingerprint density at radius 2 is 1.65 bits per heavy atom. The van der Waals surface area contributed by atoms with Crippen LogP contribution < -0.4 is 10.5 Å². The molecule has 0 radical (unpaired) electrons. The van der Waals surface area contributed by atoms with E-state index in [1.807, 2.05) is 53.9 Å². The van der Waals surface area contributed by atoms with E-state index >= 15 is 0 Å². The molecule has 2 aromatic rings. The molecule has 0 saturated heterocycles. The summed E-state index contributed by atoms with van der Waals surface area (Å²) in [6.45, 7) is 7.86. The van der Waals surface area contributed by atoms with Crippen molar-refractivity contribution in [3.05, 3.63) is 50.9 Å². The van der Waals surface area contributed by atoms with Crippen LogP contribution >= 0.6 is 0 Å². The van der Waals surface area contributed by atoms with Crippen molar-refractivity contribution in [2.24, 2.45) is 0 Å². The first-order chi connectivity index (χ1) is 10.8. The number of anilines is 1. The van der Waals surface area contributed by atoms with E-state index in [9.17, 15) is 9.00 Å². The number of H-pyrrole nitrogens is 1. The maximum absolute atomic E-state index is 13.3. The number of aryl methyl sites for hydroxylation is 3. The normalized spacial score (nSPS) is 12.3. The van der Waals surface area contributed by atoms with Crippen LogP contribution in [0.25, 0.3) is 0 Å². The molecular weight excluding hydrogens is 308 g/mol. The van der Waals surface area contributed by atoms with E-state index in [2.05, 4.69) is 11.1 Å². The Kier molecular flexibility index (Phi) is 5.09. The van der Waals surface area contributed by atoms with Gasteiger partial charge in [0, 0.05) is 24.7 Å². The molecule has 0 spiro atoms. The van der Waals surface area contributed by atoms with Crippen molar-refractivity contribution in [2.75, 3.05) is 19.0 Å². The summed E-state index contributed by atoms with van der Waals surface area (Å²) < 4.78 is 13.3. The van der Waals surface area contributed by atoms with Gasteiger partial charge in [-0.3, -0.25) is 4.79 Å². The van der Waals surface area contributed by atoms with Crippen molar-refractivity contribution in [1.82, 2.24) is 4.98 Å². The minimum Gasteiger partial charge on any atom is -0.372 e. The van der Waals surface area contributed by atoms with Crippen LogP contribution in [-0.4, -0.2) is 23.3 Å². The van der Waals surface area contributed by atoms with Gasteiger partial charge in [-0.05, 0) is 56.0 Å². The number of aromatic nitrogens is 1. The molecule has 1 N–H and O–H groups in total. The third kappa shape index (κ3) is 3.39. The average molecular weight is 332 g/mol. The molecule has 0 aliphatic heterocycles. The second-order valence-corrected chi connectivity index (χ2v) is 7.49. The maximum atomic E-state index is 13.3. The fraction of sp³-hybridized carbons (Fsp3) is 0.389.